The first-order valence-electron chi connectivity index (χ1n) is 10.7. The van der Waals surface area contributed by atoms with Crippen LogP contribution in [0.2, 0.25) is 0 Å². The lowest BCUT2D eigenvalue weighted by Crippen LogP contribution is -2.34. The fraction of sp³-hybridized carbons (Fsp3) is 0.148. The zero-order chi connectivity index (χ0) is 23.5. The summed E-state index contributed by atoms with van der Waals surface area (Å²) in [4.78, 5) is 38.5. The Balaban J connectivity index is 1.70. The molecular formula is C27H25N3O3. The van der Waals surface area contributed by atoms with Gasteiger partial charge in [-0.1, -0.05) is 66.2 Å². The molecule has 0 saturated heterocycles. The van der Waals surface area contributed by atoms with Crippen LogP contribution >= 0.6 is 0 Å². The largest absolute Gasteiger partial charge is 0.368 e. The summed E-state index contributed by atoms with van der Waals surface area (Å²) < 4.78 is 1.33. The van der Waals surface area contributed by atoms with Crippen molar-refractivity contribution in [1.82, 2.24) is 4.57 Å². The zero-order valence-electron chi connectivity index (χ0n) is 18.5. The SMILES string of the molecule is Cc1ccc([C@H](C)C(=O)Nc2cccc3c(=O)n([C@@H](C(N)=O)c4ccccc4)ccc23)cc1. The number of nitrogens with one attached hydrogen (secondary N) is 1. The minimum atomic E-state index is -0.928. The topological polar surface area (TPSA) is 94.2 Å². The molecule has 6 heteroatoms. The van der Waals surface area contributed by atoms with E-state index in [-0.39, 0.29) is 17.4 Å². The molecule has 1 heterocycles. The van der Waals surface area contributed by atoms with E-state index in [4.69, 9.17) is 5.73 Å². The molecule has 0 aliphatic heterocycles. The number of amides is 2. The van der Waals surface area contributed by atoms with Gasteiger partial charge in [-0.15, -0.1) is 0 Å². The molecule has 2 amide bonds. The van der Waals surface area contributed by atoms with E-state index in [0.717, 1.165) is 11.1 Å². The van der Waals surface area contributed by atoms with Crippen molar-refractivity contribution in [2.75, 3.05) is 5.32 Å². The fourth-order valence-electron chi connectivity index (χ4n) is 3.95. The molecule has 0 radical (unpaired) electrons. The zero-order valence-corrected chi connectivity index (χ0v) is 18.5. The number of hydrogen-bond donors (Lipinski definition) is 2. The third-order valence-electron chi connectivity index (χ3n) is 5.86. The van der Waals surface area contributed by atoms with Gasteiger partial charge in [0.25, 0.3) is 5.56 Å². The summed E-state index contributed by atoms with van der Waals surface area (Å²) in [7, 11) is 0. The van der Waals surface area contributed by atoms with Crippen LogP contribution < -0.4 is 16.6 Å². The highest BCUT2D eigenvalue weighted by molar-refractivity contribution is 6.04. The molecule has 166 valence electrons. The van der Waals surface area contributed by atoms with Crippen LogP contribution in [-0.2, 0) is 9.59 Å². The van der Waals surface area contributed by atoms with Gasteiger partial charge in [0.05, 0.1) is 5.92 Å². The van der Waals surface area contributed by atoms with Gasteiger partial charge >= 0.3 is 0 Å². The molecule has 1 aromatic heterocycles. The maximum Gasteiger partial charge on any atom is 0.259 e. The van der Waals surface area contributed by atoms with Crippen molar-refractivity contribution in [2.24, 2.45) is 5.73 Å². The highest BCUT2D eigenvalue weighted by Crippen LogP contribution is 2.25. The first-order chi connectivity index (χ1) is 15.9. The molecule has 0 aliphatic carbocycles. The van der Waals surface area contributed by atoms with Crippen LogP contribution in [-0.4, -0.2) is 16.4 Å². The van der Waals surface area contributed by atoms with Gasteiger partial charge in [-0.25, -0.2) is 0 Å². The Morgan fingerprint density at radius 2 is 1.55 bits per heavy atom. The van der Waals surface area contributed by atoms with E-state index < -0.39 is 11.9 Å². The summed E-state index contributed by atoms with van der Waals surface area (Å²) in [5, 5.41) is 3.94. The lowest BCUT2D eigenvalue weighted by atomic mass is 9.99. The third-order valence-corrected chi connectivity index (χ3v) is 5.86. The number of rotatable bonds is 6. The average molecular weight is 440 g/mol. The number of carbonyl (C=O) groups excluding carboxylic acids is 2. The monoisotopic (exact) mass is 439 g/mol. The van der Waals surface area contributed by atoms with E-state index in [1.807, 2.05) is 44.2 Å². The Labute approximate surface area is 191 Å². The second-order valence-corrected chi connectivity index (χ2v) is 8.13. The summed E-state index contributed by atoms with van der Waals surface area (Å²) in [5.41, 5.74) is 8.50. The van der Waals surface area contributed by atoms with Gasteiger partial charge in [0.1, 0.15) is 6.04 Å². The predicted octanol–water partition coefficient (Wildman–Crippen LogP) is 4.13. The Kier molecular flexibility index (Phi) is 6.09. The number of primary amides is 1. The normalized spacial score (nSPS) is 12.8. The van der Waals surface area contributed by atoms with Crippen molar-refractivity contribution >= 4 is 28.3 Å². The molecule has 6 nitrogen and oxygen atoms in total. The van der Waals surface area contributed by atoms with Crippen molar-refractivity contribution in [3.8, 4) is 0 Å². The molecule has 3 aromatic carbocycles. The van der Waals surface area contributed by atoms with Crippen molar-refractivity contribution < 1.29 is 9.59 Å². The van der Waals surface area contributed by atoms with Crippen molar-refractivity contribution in [1.29, 1.82) is 0 Å². The van der Waals surface area contributed by atoms with Crippen molar-refractivity contribution in [3.05, 3.63) is 112 Å². The van der Waals surface area contributed by atoms with E-state index >= 15 is 0 Å². The Hall–Kier alpha value is -4.19. The summed E-state index contributed by atoms with van der Waals surface area (Å²) in [6, 6.07) is 22.7. The molecule has 4 aromatic rings. The lowest BCUT2D eigenvalue weighted by molar-refractivity contribution is -0.120. The first kappa shape index (κ1) is 22.0. The number of anilines is 1. The minimum absolute atomic E-state index is 0.171. The smallest absolute Gasteiger partial charge is 0.259 e. The van der Waals surface area contributed by atoms with Crippen LogP contribution in [0.3, 0.4) is 0 Å². The number of fused-ring (bicyclic) bond motifs is 1. The molecule has 33 heavy (non-hydrogen) atoms. The van der Waals surface area contributed by atoms with Gasteiger partial charge in [-0.2, -0.15) is 0 Å². The quantitative estimate of drug-likeness (QED) is 0.473. The second kappa shape index (κ2) is 9.12. The third kappa shape index (κ3) is 4.41. The van der Waals surface area contributed by atoms with Gasteiger partial charge < -0.3 is 11.1 Å². The minimum Gasteiger partial charge on any atom is -0.368 e. The van der Waals surface area contributed by atoms with Gasteiger partial charge in [0.2, 0.25) is 11.8 Å². The standard InChI is InChI=1S/C27H25N3O3/c1-17-11-13-19(14-12-17)18(2)26(32)29-23-10-6-9-22-21(23)15-16-30(27(22)33)24(25(28)31)20-7-4-3-5-8-20/h3-16,18,24H,1-2H3,(H2,28,31)(H,29,32)/t18-,24+/m0/s1. The molecule has 0 unspecified atom stereocenters. The number of hydrogen-bond acceptors (Lipinski definition) is 3. The van der Waals surface area contributed by atoms with Crippen molar-refractivity contribution in [2.45, 2.75) is 25.8 Å². The van der Waals surface area contributed by atoms with E-state index in [1.54, 1.807) is 54.7 Å². The van der Waals surface area contributed by atoms with Crippen LogP contribution in [0, 0.1) is 6.92 Å². The number of carbonyl (C=O) groups is 2. The lowest BCUT2D eigenvalue weighted by Gasteiger charge is -2.19. The Bertz CT molecular complexity index is 1380. The van der Waals surface area contributed by atoms with E-state index in [1.165, 1.54) is 4.57 Å². The van der Waals surface area contributed by atoms with Crippen LogP contribution in [0.5, 0.6) is 0 Å². The molecule has 4 rings (SSSR count). The van der Waals surface area contributed by atoms with Gasteiger partial charge in [0, 0.05) is 22.7 Å². The molecule has 0 spiro atoms. The Morgan fingerprint density at radius 1 is 0.848 bits per heavy atom. The van der Waals surface area contributed by atoms with Crippen molar-refractivity contribution in [3.63, 3.8) is 0 Å². The summed E-state index contributed by atoms with van der Waals surface area (Å²) >= 11 is 0. The number of pyridine rings is 1. The summed E-state index contributed by atoms with van der Waals surface area (Å²) in [6.45, 7) is 3.84. The van der Waals surface area contributed by atoms with Crippen LogP contribution in [0.15, 0.2) is 89.9 Å². The highest BCUT2D eigenvalue weighted by Gasteiger charge is 2.22. The van der Waals surface area contributed by atoms with Gasteiger partial charge in [0.15, 0.2) is 0 Å². The molecule has 0 saturated carbocycles. The summed E-state index contributed by atoms with van der Waals surface area (Å²) in [5.74, 6) is -1.16. The summed E-state index contributed by atoms with van der Waals surface area (Å²) in [6.07, 6.45) is 1.55. The van der Waals surface area contributed by atoms with Crippen LogP contribution in [0.1, 0.15) is 35.6 Å². The van der Waals surface area contributed by atoms with Crippen LogP contribution in [0.25, 0.3) is 10.8 Å². The number of nitrogens with two attached hydrogens (primary N) is 1. The van der Waals surface area contributed by atoms with Gasteiger partial charge in [-0.3, -0.25) is 19.0 Å². The first-order valence-corrected chi connectivity index (χ1v) is 10.7. The molecular weight excluding hydrogens is 414 g/mol. The number of nitrogens with zero attached hydrogens (tertiary/aromatic N) is 1. The van der Waals surface area contributed by atoms with Crippen LogP contribution in [0.4, 0.5) is 5.69 Å². The molecule has 2 atom stereocenters. The second-order valence-electron chi connectivity index (χ2n) is 8.13. The number of aryl methyl sites for hydroxylation is 1. The average Bonchev–Trinajstić information content (AvgIpc) is 2.81. The van der Waals surface area contributed by atoms with E-state index in [9.17, 15) is 14.4 Å². The van der Waals surface area contributed by atoms with E-state index in [2.05, 4.69) is 5.32 Å². The number of aromatic nitrogens is 1. The maximum atomic E-state index is 13.3. The molecule has 0 bridgehead atoms. The predicted molar refractivity (Wildman–Crippen MR) is 130 cm³/mol. The number of benzene rings is 3. The van der Waals surface area contributed by atoms with E-state index in [0.29, 0.717) is 22.0 Å². The molecule has 0 fully saturated rings. The maximum absolute atomic E-state index is 13.3. The Morgan fingerprint density at radius 3 is 2.21 bits per heavy atom. The highest BCUT2D eigenvalue weighted by atomic mass is 16.2. The fourth-order valence-corrected chi connectivity index (χ4v) is 3.95. The molecule has 3 N–H and O–H groups in total. The van der Waals surface area contributed by atoms with Gasteiger partial charge in [-0.05, 0) is 43.2 Å². The molecule has 0 aliphatic rings.